The lowest BCUT2D eigenvalue weighted by atomic mass is 10.0. The number of carbonyl (C=O) groups excluding carboxylic acids is 2. The third kappa shape index (κ3) is 75.3. The van der Waals surface area contributed by atoms with Gasteiger partial charge >= 0.3 is 11.9 Å². The van der Waals surface area contributed by atoms with Gasteiger partial charge in [-0.1, -0.05) is 457 Å². The van der Waals surface area contributed by atoms with Crippen molar-refractivity contribution in [2.45, 2.75) is 489 Å². The fourth-order valence-corrected chi connectivity index (χ4v) is 13.2. The average Bonchev–Trinajstić information content (AvgIpc) is 3.52. The molecule has 0 aliphatic rings. The normalized spacial score (nSPS) is 12.0. The van der Waals surface area contributed by atoms with Crippen LogP contribution >= 0.6 is 0 Å². The lowest BCUT2D eigenvalue weighted by Gasteiger charge is -2.15. The standard InChI is InChI=1S/C80H158O5/c1-3-5-7-9-11-13-15-17-19-21-23-25-27-29-31-33-35-37-39-41-43-45-47-49-51-53-55-57-59-61-63-65-67-69-71-73-75-80(83)85-78(76-81)77-84-79(82)74-72-70-68-66-64-62-60-58-56-54-52-50-48-46-44-42-40-38-36-34-32-30-28-26-24-22-20-18-16-14-12-10-8-6-4-2/h78,81H,3-77H2,1-2H3. The van der Waals surface area contributed by atoms with E-state index in [0.29, 0.717) is 12.8 Å². The summed E-state index contributed by atoms with van der Waals surface area (Å²) >= 11 is 0. The molecule has 5 nitrogen and oxygen atoms in total. The van der Waals surface area contributed by atoms with Crippen LogP contribution in [0, 0.1) is 0 Å². The van der Waals surface area contributed by atoms with Gasteiger partial charge in [0.1, 0.15) is 6.61 Å². The highest BCUT2D eigenvalue weighted by atomic mass is 16.6. The fraction of sp³-hybridized carbons (Fsp3) is 0.975. The first-order valence-electron chi connectivity index (χ1n) is 40.1. The molecule has 0 heterocycles. The second kappa shape index (κ2) is 77.1. The summed E-state index contributed by atoms with van der Waals surface area (Å²) in [6.45, 7) is 4.24. The smallest absolute Gasteiger partial charge is 0.306 e. The van der Waals surface area contributed by atoms with Gasteiger partial charge in [-0.05, 0) is 12.8 Å². The molecule has 1 atom stereocenters. The van der Waals surface area contributed by atoms with Crippen molar-refractivity contribution in [2.75, 3.05) is 13.2 Å². The van der Waals surface area contributed by atoms with E-state index in [1.165, 1.54) is 424 Å². The van der Waals surface area contributed by atoms with E-state index in [4.69, 9.17) is 9.47 Å². The molecule has 1 N–H and O–H groups in total. The van der Waals surface area contributed by atoms with Crippen molar-refractivity contribution < 1.29 is 24.2 Å². The number of rotatable bonds is 77. The number of ether oxygens (including phenoxy) is 2. The van der Waals surface area contributed by atoms with Gasteiger partial charge in [0.15, 0.2) is 6.10 Å². The third-order valence-electron chi connectivity index (χ3n) is 19.2. The summed E-state index contributed by atoms with van der Waals surface area (Å²) in [4.78, 5) is 24.7. The number of unbranched alkanes of at least 4 members (excludes halogenated alkanes) is 69. The highest BCUT2D eigenvalue weighted by molar-refractivity contribution is 5.70. The summed E-state index contributed by atoms with van der Waals surface area (Å²) in [5, 5.41) is 9.73. The van der Waals surface area contributed by atoms with Gasteiger partial charge in [0.05, 0.1) is 6.61 Å². The molecule has 0 fully saturated rings. The molecule has 0 aromatic rings. The van der Waals surface area contributed by atoms with Crippen molar-refractivity contribution in [2.24, 2.45) is 0 Å². The molecule has 0 radical (unpaired) electrons. The molecule has 0 aliphatic carbocycles. The quantitative estimate of drug-likeness (QED) is 0.0485. The van der Waals surface area contributed by atoms with Gasteiger partial charge in [0.25, 0.3) is 0 Å². The van der Waals surface area contributed by atoms with Crippen LogP contribution in [0.25, 0.3) is 0 Å². The van der Waals surface area contributed by atoms with Gasteiger partial charge in [-0.15, -0.1) is 0 Å². The van der Waals surface area contributed by atoms with Crippen LogP contribution in [-0.4, -0.2) is 36.4 Å². The van der Waals surface area contributed by atoms with Crippen molar-refractivity contribution >= 4 is 11.9 Å². The largest absolute Gasteiger partial charge is 0.462 e. The first kappa shape index (κ1) is 83.9. The Balaban J connectivity index is 3.33. The van der Waals surface area contributed by atoms with Gasteiger partial charge < -0.3 is 14.6 Å². The van der Waals surface area contributed by atoms with Crippen LogP contribution in [0.15, 0.2) is 0 Å². The maximum Gasteiger partial charge on any atom is 0.306 e. The Kier molecular flexibility index (Phi) is 76.1. The van der Waals surface area contributed by atoms with Crippen molar-refractivity contribution in [1.82, 2.24) is 0 Å². The number of carbonyl (C=O) groups is 2. The highest BCUT2D eigenvalue weighted by Crippen LogP contribution is 2.21. The van der Waals surface area contributed by atoms with Gasteiger partial charge in [-0.25, -0.2) is 0 Å². The van der Waals surface area contributed by atoms with E-state index >= 15 is 0 Å². The summed E-state index contributed by atoms with van der Waals surface area (Å²) in [6.07, 6.45) is 99.3. The summed E-state index contributed by atoms with van der Waals surface area (Å²) in [5.74, 6) is -0.555. The predicted octanol–water partition coefficient (Wildman–Crippen LogP) is 28.0. The Labute approximate surface area is 535 Å². The van der Waals surface area contributed by atoms with Crippen LogP contribution in [0.3, 0.4) is 0 Å². The molecule has 0 aromatic heterocycles. The van der Waals surface area contributed by atoms with Crippen molar-refractivity contribution in [3.05, 3.63) is 0 Å². The lowest BCUT2D eigenvalue weighted by Crippen LogP contribution is -2.28. The van der Waals surface area contributed by atoms with Gasteiger partial charge in [0, 0.05) is 12.8 Å². The molecule has 0 spiro atoms. The van der Waals surface area contributed by atoms with Crippen LogP contribution < -0.4 is 0 Å². The van der Waals surface area contributed by atoms with E-state index in [9.17, 15) is 14.7 Å². The molecular weight excluding hydrogens is 1040 g/mol. The second-order valence-electron chi connectivity index (χ2n) is 27.9. The number of esters is 2. The Morgan fingerprint density at radius 3 is 0.518 bits per heavy atom. The van der Waals surface area contributed by atoms with E-state index in [2.05, 4.69) is 13.8 Å². The van der Waals surface area contributed by atoms with Gasteiger partial charge in [0.2, 0.25) is 0 Å². The minimum Gasteiger partial charge on any atom is -0.462 e. The summed E-state index contributed by atoms with van der Waals surface area (Å²) in [7, 11) is 0. The first-order chi connectivity index (χ1) is 42.1. The zero-order chi connectivity index (χ0) is 61.2. The maximum atomic E-state index is 12.4. The fourth-order valence-electron chi connectivity index (χ4n) is 13.2. The molecule has 0 saturated heterocycles. The van der Waals surface area contributed by atoms with E-state index in [1.807, 2.05) is 0 Å². The minimum absolute atomic E-state index is 0.0551. The number of aliphatic hydroxyl groups is 1. The van der Waals surface area contributed by atoms with Crippen molar-refractivity contribution in [1.29, 1.82) is 0 Å². The molecule has 0 aliphatic heterocycles. The lowest BCUT2D eigenvalue weighted by molar-refractivity contribution is -0.161. The number of aliphatic hydroxyl groups excluding tert-OH is 1. The topological polar surface area (TPSA) is 72.8 Å². The molecule has 0 rings (SSSR count). The number of hydrogen-bond donors (Lipinski definition) is 1. The number of hydrogen-bond acceptors (Lipinski definition) is 5. The summed E-state index contributed by atoms with van der Waals surface area (Å²) in [5.41, 5.74) is 0. The molecule has 0 bridgehead atoms. The van der Waals surface area contributed by atoms with Crippen LogP contribution in [-0.2, 0) is 19.1 Å². The summed E-state index contributed by atoms with van der Waals surface area (Å²) in [6, 6.07) is 0. The molecule has 0 aromatic carbocycles. The molecule has 1 unspecified atom stereocenters. The molecule has 85 heavy (non-hydrogen) atoms. The SMILES string of the molecule is CCCCCCCCCCCCCCCCCCCCCCCCCCCCCCCCCCCCCCC(=O)OC(CO)COC(=O)CCCCCCCCCCCCCCCCCCCCCCCCCCCCCCCCCCCCC. The third-order valence-corrected chi connectivity index (χ3v) is 19.2. The molecule has 508 valence electrons. The Hall–Kier alpha value is -1.10. The zero-order valence-electron chi connectivity index (χ0n) is 58.7. The molecular formula is C80H158O5. The van der Waals surface area contributed by atoms with Crippen molar-refractivity contribution in [3.8, 4) is 0 Å². The highest BCUT2D eigenvalue weighted by Gasteiger charge is 2.16. The Morgan fingerprint density at radius 2 is 0.365 bits per heavy atom. The van der Waals surface area contributed by atoms with Crippen LogP contribution in [0.5, 0.6) is 0 Å². The summed E-state index contributed by atoms with van der Waals surface area (Å²) < 4.78 is 10.8. The average molecular weight is 1200 g/mol. The van der Waals surface area contributed by atoms with Crippen molar-refractivity contribution in [3.63, 3.8) is 0 Å². The Bertz CT molecular complexity index is 1220. The monoisotopic (exact) mass is 1200 g/mol. The van der Waals surface area contributed by atoms with Crippen LogP contribution in [0.2, 0.25) is 0 Å². The predicted molar refractivity (Wildman–Crippen MR) is 376 cm³/mol. The van der Waals surface area contributed by atoms with E-state index in [0.717, 1.165) is 32.1 Å². The van der Waals surface area contributed by atoms with E-state index in [-0.39, 0.29) is 25.2 Å². The molecule has 0 saturated carbocycles. The first-order valence-corrected chi connectivity index (χ1v) is 40.1. The minimum atomic E-state index is -0.766. The second-order valence-corrected chi connectivity index (χ2v) is 27.9. The zero-order valence-corrected chi connectivity index (χ0v) is 58.7. The molecule has 0 amide bonds. The van der Waals surface area contributed by atoms with Gasteiger partial charge in [-0.3, -0.25) is 9.59 Å². The van der Waals surface area contributed by atoms with Gasteiger partial charge in [-0.2, -0.15) is 0 Å². The van der Waals surface area contributed by atoms with E-state index < -0.39 is 6.10 Å². The Morgan fingerprint density at radius 1 is 0.224 bits per heavy atom. The van der Waals surface area contributed by atoms with Crippen LogP contribution in [0.4, 0.5) is 0 Å². The van der Waals surface area contributed by atoms with Crippen LogP contribution in [0.1, 0.15) is 483 Å². The maximum absolute atomic E-state index is 12.4. The molecule has 5 heteroatoms. The van der Waals surface area contributed by atoms with E-state index in [1.54, 1.807) is 0 Å².